The van der Waals surface area contributed by atoms with Crippen LogP contribution >= 0.6 is 0 Å². The van der Waals surface area contributed by atoms with Gasteiger partial charge in [0.25, 0.3) is 0 Å². The molecule has 0 aromatic carbocycles. The molecule has 0 aliphatic carbocycles. The van der Waals surface area contributed by atoms with Crippen LogP contribution in [0, 0.1) is 0 Å². The van der Waals surface area contributed by atoms with E-state index in [1.807, 2.05) is 0 Å². The van der Waals surface area contributed by atoms with Crippen LogP contribution in [0.4, 0.5) is 5.82 Å². The van der Waals surface area contributed by atoms with E-state index in [1.165, 1.54) is 17.7 Å². The van der Waals surface area contributed by atoms with Crippen LogP contribution in [0.1, 0.15) is 17.5 Å². The molecule has 14 heavy (non-hydrogen) atoms. The van der Waals surface area contributed by atoms with Crippen molar-refractivity contribution in [1.82, 2.24) is 9.55 Å². The maximum atomic E-state index is 10.6. The number of amides is 1. The molecule has 1 aromatic heterocycles. The number of anilines is 1. The number of aromatic nitrogens is 2. The Labute approximate surface area is 103 Å². The molecule has 2 N–H and O–H groups in total. The second-order valence-corrected chi connectivity index (χ2v) is 2.55. The molecule has 0 bridgehead atoms. The topological polar surface area (TPSA) is 84.2 Å². The Kier molecular flexibility index (Phi) is 4.82. The molecule has 0 aliphatic heterocycles. The number of rotatable bonds is 2. The van der Waals surface area contributed by atoms with E-state index in [0.29, 0.717) is 0 Å². The summed E-state index contributed by atoms with van der Waals surface area (Å²) in [6, 6.07) is 0. The second kappa shape index (κ2) is 5.14. The Balaban J connectivity index is 0.00000169. The van der Waals surface area contributed by atoms with Gasteiger partial charge in [-0.2, -0.15) is 0 Å². The monoisotopic (exact) mass is 207 g/mol. The minimum absolute atomic E-state index is 0. The fraction of sp³-hybridized carbons (Fsp3) is 0.286. The number of nitrogens with zero attached hydrogens (tertiary/aromatic N) is 2. The third-order valence-corrected chi connectivity index (χ3v) is 1.37. The zero-order chi connectivity index (χ0) is 10.0. The number of aryl methyl sites for hydroxylation is 1. The van der Waals surface area contributed by atoms with Crippen LogP contribution < -0.4 is 5.32 Å². The van der Waals surface area contributed by atoms with Gasteiger partial charge in [-0.15, -0.1) is 0 Å². The van der Waals surface area contributed by atoms with Crippen molar-refractivity contribution in [1.29, 1.82) is 0 Å². The van der Waals surface area contributed by atoms with Gasteiger partial charge in [-0.05, 0) is 0 Å². The summed E-state index contributed by atoms with van der Waals surface area (Å²) in [7, 11) is 1.54. The molecule has 0 saturated carbocycles. The number of imidazole rings is 1. The Morgan fingerprint density at radius 3 is 2.50 bits per heavy atom. The van der Waals surface area contributed by atoms with E-state index in [0.717, 1.165) is 0 Å². The Bertz CT molecular complexity index is 361. The molecule has 0 unspecified atom stereocenters. The zero-order valence-corrected chi connectivity index (χ0v) is 7.24. The summed E-state index contributed by atoms with van der Waals surface area (Å²) in [6.07, 6.45) is 1.44. The molecule has 1 rings (SSSR count). The standard InChI is InChI=1S/C7H9N3O3.Na.H/c1-4(11)8-5-3-10(2)6(9-5)7(12)13;;/h3H,1-2H3,(H,8,11)(H,12,13);;. The number of carbonyl (C=O) groups excluding carboxylic acids is 1. The van der Waals surface area contributed by atoms with Crippen LogP contribution in [0.25, 0.3) is 0 Å². The van der Waals surface area contributed by atoms with Crippen molar-refractivity contribution in [2.75, 3.05) is 5.32 Å². The van der Waals surface area contributed by atoms with Crippen LogP contribution in [0.5, 0.6) is 0 Å². The van der Waals surface area contributed by atoms with E-state index in [-0.39, 0.29) is 47.1 Å². The predicted octanol–water partition coefficient (Wildman–Crippen LogP) is -0.572. The third-order valence-electron chi connectivity index (χ3n) is 1.37. The van der Waals surface area contributed by atoms with Crippen LogP contribution in [-0.2, 0) is 11.8 Å². The molecule has 72 valence electrons. The Morgan fingerprint density at radius 1 is 1.57 bits per heavy atom. The first kappa shape index (κ1) is 13.2. The van der Waals surface area contributed by atoms with Gasteiger partial charge in [0, 0.05) is 20.2 Å². The fourth-order valence-electron chi connectivity index (χ4n) is 0.906. The van der Waals surface area contributed by atoms with Crippen LogP contribution in [0.15, 0.2) is 6.20 Å². The van der Waals surface area contributed by atoms with Crippen molar-refractivity contribution in [3.63, 3.8) is 0 Å². The summed E-state index contributed by atoms with van der Waals surface area (Å²) in [4.78, 5) is 24.8. The van der Waals surface area contributed by atoms with E-state index in [1.54, 1.807) is 7.05 Å². The molecule has 1 aromatic rings. The molecule has 0 aliphatic rings. The number of carboxylic acids is 1. The van der Waals surface area contributed by atoms with Gasteiger partial charge in [0.2, 0.25) is 11.7 Å². The summed E-state index contributed by atoms with van der Waals surface area (Å²) < 4.78 is 1.33. The first-order valence-electron chi connectivity index (χ1n) is 3.55. The van der Waals surface area contributed by atoms with Crippen molar-refractivity contribution in [3.8, 4) is 0 Å². The van der Waals surface area contributed by atoms with Gasteiger partial charge in [-0.25, -0.2) is 9.78 Å². The van der Waals surface area contributed by atoms with E-state index < -0.39 is 5.97 Å². The zero-order valence-electron chi connectivity index (χ0n) is 7.24. The van der Waals surface area contributed by atoms with Crippen molar-refractivity contribution >= 4 is 47.3 Å². The molecule has 7 heteroatoms. The Morgan fingerprint density at radius 2 is 2.14 bits per heavy atom. The number of hydrogen-bond donors (Lipinski definition) is 2. The van der Waals surface area contributed by atoms with E-state index in [2.05, 4.69) is 10.3 Å². The summed E-state index contributed by atoms with van der Waals surface area (Å²) in [6.45, 7) is 1.33. The van der Waals surface area contributed by atoms with E-state index in [9.17, 15) is 9.59 Å². The third kappa shape index (κ3) is 3.13. The molecule has 0 saturated heterocycles. The number of nitrogens with one attached hydrogen (secondary N) is 1. The number of carboxylic acid groups (broad SMARTS) is 1. The minimum atomic E-state index is -1.13. The molecule has 1 heterocycles. The van der Waals surface area contributed by atoms with Gasteiger partial charge in [-0.1, -0.05) is 0 Å². The number of carbonyl (C=O) groups is 2. The average molecular weight is 207 g/mol. The SMILES string of the molecule is CC(=O)Nc1cn(C)c(C(=O)O)n1.[NaH]. The Hall–Kier alpha value is -0.850. The van der Waals surface area contributed by atoms with Crippen molar-refractivity contribution in [2.45, 2.75) is 6.92 Å². The molecule has 0 atom stereocenters. The van der Waals surface area contributed by atoms with E-state index >= 15 is 0 Å². The average Bonchev–Trinajstić information content (AvgIpc) is 2.29. The first-order chi connectivity index (χ1) is 6.00. The summed E-state index contributed by atoms with van der Waals surface area (Å²) in [5.74, 6) is -1.27. The molecule has 0 radical (unpaired) electrons. The van der Waals surface area contributed by atoms with E-state index in [4.69, 9.17) is 5.11 Å². The quantitative estimate of drug-likeness (QED) is 0.636. The van der Waals surface area contributed by atoms with Gasteiger partial charge in [0.1, 0.15) is 0 Å². The van der Waals surface area contributed by atoms with Gasteiger partial charge in [-0.3, -0.25) is 4.79 Å². The normalized spacial score (nSPS) is 9.00. The number of aromatic carboxylic acids is 1. The molecule has 1 amide bonds. The van der Waals surface area contributed by atoms with Gasteiger partial charge < -0.3 is 15.0 Å². The van der Waals surface area contributed by atoms with Crippen LogP contribution in [-0.4, -0.2) is 56.1 Å². The molecular weight excluding hydrogens is 197 g/mol. The predicted molar refractivity (Wildman–Crippen MR) is 51.6 cm³/mol. The molecular formula is C7H10N3NaO3. The number of hydrogen-bond acceptors (Lipinski definition) is 3. The van der Waals surface area contributed by atoms with Gasteiger partial charge in [0.15, 0.2) is 5.82 Å². The van der Waals surface area contributed by atoms with Crippen molar-refractivity contribution < 1.29 is 14.7 Å². The van der Waals surface area contributed by atoms with Crippen molar-refractivity contribution in [3.05, 3.63) is 12.0 Å². The van der Waals surface area contributed by atoms with Gasteiger partial charge in [0.05, 0.1) is 0 Å². The van der Waals surface area contributed by atoms with Crippen molar-refractivity contribution in [2.24, 2.45) is 7.05 Å². The molecule has 6 nitrogen and oxygen atoms in total. The molecule has 0 spiro atoms. The van der Waals surface area contributed by atoms with Gasteiger partial charge >= 0.3 is 35.5 Å². The summed E-state index contributed by atoms with van der Waals surface area (Å²) in [5.41, 5.74) is 0. The first-order valence-corrected chi connectivity index (χ1v) is 3.55. The second-order valence-electron chi connectivity index (χ2n) is 2.55. The fourth-order valence-corrected chi connectivity index (χ4v) is 0.906. The maximum absolute atomic E-state index is 10.6. The molecule has 0 fully saturated rings. The summed E-state index contributed by atoms with van der Waals surface area (Å²) >= 11 is 0. The van der Waals surface area contributed by atoms with Crippen LogP contribution in [0.2, 0.25) is 0 Å². The van der Waals surface area contributed by atoms with Crippen LogP contribution in [0.3, 0.4) is 0 Å². The summed E-state index contributed by atoms with van der Waals surface area (Å²) in [5, 5.41) is 11.0.